The van der Waals surface area contributed by atoms with Crippen LogP contribution in [0.4, 0.5) is 5.13 Å². The number of aryl methyl sites for hydroxylation is 2. The Morgan fingerprint density at radius 1 is 1.20 bits per heavy atom. The molecule has 1 amide bonds. The number of thiazole rings is 1. The molecule has 0 unspecified atom stereocenters. The number of benzene rings is 1. The van der Waals surface area contributed by atoms with E-state index < -0.39 is 0 Å². The summed E-state index contributed by atoms with van der Waals surface area (Å²) in [4.78, 5) is 21.2. The Kier molecular flexibility index (Phi) is 5.09. The van der Waals surface area contributed by atoms with Crippen LogP contribution in [0.15, 0.2) is 41.8 Å². The van der Waals surface area contributed by atoms with Crippen LogP contribution in [-0.2, 0) is 0 Å². The van der Waals surface area contributed by atoms with Crippen molar-refractivity contribution in [2.45, 2.75) is 20.8 Å². The number of carbonyl (C=O) groups is 1. The van der Waals surface area contributed by atoms with Crippen molar-refractivity contribution in [2.24, 2.45) is 0 Å². The molecule has 0 fully saturated rings. The van der Waals surface area contributed by atoms with Gasteiger partial charge in [-0.2, -0.15) is 0 Å². The molecule has 1 N–H and O–H groups in total. The molecule has 0 aliphatic heterocycles. The number of amides is 1. The van der Waals surface area contributed by atoms with Crippen molar-refractivity contribution < 1.29 is 9.53 Å². The summed E-state index contributed by atoms with van der Waals surface area (Å²) in [6.45, 7) is 6.34. The molecule has 0 aliphatic carbocycles. The van der Waals surface area contributed by atoms with Crippen molar-refractivity contribution in [3.8, 4) is 17.0 Å². The smallest absolute Gasteiger partial charge is 0.276 e. The van der Waals surface area contributed by atoms with Gasteiger partial charge in [-0.15, -0.1) is 11.3 Å². The molecule has 0 spiro atoms. The Bertz CT molecular complexity index is 885. The van der Waals surface area contributed by atoms with Gasteiger partial charge >= 0.3 is 0 Å². The molecule has 0 radical (unpaired) electrons. The summed E-state index contributed by atoms with van der Waals surface area (Å²) in [6.07, 6.45) is 0. The van der Waals surface area contributed by atoms with Gasteiger partial charge in [-0.3, -0.25) is 10.1 Å². The van der Waals surface area contributed by atoms with Gasteiger partial charge in [0.2, 0.25) is 0 Å². The summed E-state index contributed by atoms with van der Waals surface area (Å²) >= 11 is 1.38. The number of ether oxygens (including phenoxy) is 1. The lowest BCUT2D eigenvalue weighted by atomic mass is 10.1. The average Bonchev–Trinajstić information content (AvgIpc) is 3.03. The van der Waals surface area contributed by atoms with Gasteiger partial charge in [-0.1, -0.05) is 12.1 Å². The van der Waals surface area contributed by atoms with Crippen molar-refractivity contribution in [3.63, 3.8) is 0 Å². The lowest BCUT2D eigenvalue weighted by Gasteiger charge is -2.07. The normalized spacial score (nSPS) is 10.5. The Labute approximate surface area is 150 Å². The van der Waals surface area contributed by atoms with Crippen LogP contribution in [0.5, 0.6) is 5.75 Å². The second-order valence-corrected chi connectivity index (χ2v) is 6.45. The zero-order chi connectivity index (χ0) is 17.8. The highest BCUT2D eigenvalue weighted by Crippen LogP contribution is 2.32. The molecular weight excluding hydrogens is 334 g/mol. The van der Waals surface area contributed by atoms with Gasteiger partial charge in [0.1, 0.15) is 11.4 Å². The third kappa shape index (κ3) is 4.03. The first kappa shape index (κ1) is 17.1. The van der Waals surface area contributed by atoms with E-state index in [1.54, 1.807) is 6.07 Å². The number of nitrogens with one attached hydrogen (secondary N) is 1. The van der Waals surface area contributed by atoms with Gasteiger partial charge in [0.25, 0.3) is 5.91 Å². The number of anilines is 1. The minimum atomic E-state index is -0.259. The molecule has 5 nitrogen and oxygen atoms in total. The lowest BCUT2D eigenvalue weighted by Crippen LogP contribution is -2.14. The van der Waals surface area contributed by atoms with E-state index in [1.165, 1.54) is 11.3 Å². The van der Waals surface area contributed by atoms with Crippen molar-refractivity contribution in [1.82, 2.24) is 9.97 Å². The van der Waals surface area contributed by atoms with E-state index in [1.807, 2.05) is 56.5 Å². The number of hydrogen-bond donors (Lipinski definition) is 1. The monoisotopic (exact) mass is 353 g/mol. The molecule has 3 rings (SSSR count). The molecule has 0 saturated heterocycles. The summed E-state index contributed by atoms with van der Waals surface area (Å²) in [7, 11) is 0. The van der Waals surface area contributed by atoms with Crippen LogP contribution in [0.1, 0.15) is 28.7 Å². The van der Waals surface area contributed by atoms with Crippen LogP contribution >= 0.6 is 11.3 Å². The second kappa shape index (κ2) is 7.44. The highest BCUT2D eigenvalue weighted by Gasteiger charge is 2.14. The maximum absolute atomic E-state index is 12.4. The zero-order valence-corrected chi connectivity index (χ0v) is 15.2. The third-order valence-electron chi connectivity index (χ3n) is 3.52. The first-order chi connectivity index (χ1) is 12.1. The van der Waals surface area contributed by atoms with Gasteiger partial charge in [0.15, 0.2) is 5.13 Å². The fourth-order valence-corrected chi connectivity index (χ4v) is 3.24. The number of aromatic nitrogens is 2. The molecule has 6 heteroatoms. The molecule has 1 aromatic carbocycles. The maximum Gasteiger partial charge on any atom is 0.276 e. The summed E-state index contributed by atoms with van der Waals surface area (Å²) in [6, 6.07) is 11.4. The molecule has 0 bridgehead atoms. The number of para-hydroxylation sites is 1. The first-order valence-corrected chi connectivity index (χ1v) is 8.89. The molecule has 0 aliphatic rings. The molecule has 2 aromatic heterocycles. The van der Waals surface area contributed by atoms with Gasteiger partial charge in [0, 0.05) is 16.6 Å². The summed E-state index contributed by atoms with van der Waals surface area (Å²) in [5.41, 5.74) is 3.89. The molecule has 0 saturated carbocycles. The Morgan fingerprint density at radius 2 is 2.00 bits per heavy atom. The van der Waals surface area contributed by atoms with E-state index in [0.717, 1.165) is 28.3 Å². The van der Waals surface area contributed by atoms with Crippen molar-refractivity contribution in [2.75, 3.05) is 11.9 Å². The minimum Gasteiger partial charge on any atom is -0.493 e. The first-order valence-electron chi connectivity index (χ1n) is 8.01. The molecule has 2 heterocycles. The summed E-state index contributed by atoms with van der Waals surface area (Å²) in [5, 5.41) is 5.26. The van der Waals surface area contributed by atoms with E-state index in [9.17, 15) is 4.79 Å². The Hall–Kier alpha value is -2.73. The quantitative estimate of drug-likeness (QED) is 0.735. The topological polar surface area (TPSA) is 64.1 Å². The van der Waals surface area contributed by atoms with Crippen LogP contribution in [0.2, 0.25) is 0 Å². The standard InChI is InChI=1S/C19H19N3O2S/c1-4-24-17-8-6-5-7-14(17)16-11-25-19(21-16)22-18(23)15-10-12(2)9-13(3)20-15/h5-11H,4H2,1-3H3,(H,21,22,23). The van der Waals surface area contributed by atoms with Gasteiger partial charge in [-0.05, 0) is 50.6 Å². The van der Waals surface area contributed by atoms with E-state index in [4.69, 9.17) is 4.74 Å². The predicted molar refractivity (Wildman–Crippen MR) is 100 cm³/mol. The molecule has 25 heavy (non-hydrogen) atoms. The van der Waals surface area contributed by atoms with E-state index >= 15 is 0 Å². The second-order valence-electron chi connectivity index (χ2n) is 5.59. The van der Waals surface area contributed by atoms with Crippen molar-refractivity contribution >= 4 is 22.4 Å². The number of carbonyl (C=O) groups excluding carboxylic acids is 1. The predicted octanol–water partition coefficient (Wildman–Crippen LogP) is 4.47. The Morgan fingerprint density at radius 3 is 2.76 bits per heavy atom. The zero-order valence-electron chi connectivity index (χ0n) is 14.4. The maximum atomic E-state index is 12.4. The molecule has 3 aromatic rings. The average molecular weight is 353 g/mol. The fourth-order valence-electron chi connectivity index (χ4n) is 2.53. The van der Waals surface area contributed by atoms with E-state index in [0.29, 0.717) is 17.4 Å². The van der Waals surface area contributed by atoms with Gasteiger partial charge in [0.05, 0.1) is 12.3 Å². The van der Waals surface area contributed by atoms with Crippen LogP contribution in [0.25, 0.3) is 11.3 Å². The fraction of sp³-hybridized carbons (Fsp3) is 0.211. The van der Waals surface area contributed by atoms with E-state index in [2.05, 4.69) is 15.3 Å². The largest absolute Gasteiger partial charge is 0.493 e. The van der Waals surface area contributed by atoms with Crippen molar-refractivity contribution in [1.29, 1.82) is 0 Å². The highest BCUT2D eigenvalue weighted by atomic mass is 32.1. The van der Waals surface area contributed by atoms with E-state index in [-0.39, 0.29) is 5.91 Å². The number of nitrogens with zero attached hydrogens (tertiary/aromatic N) is 2. The molecule has 0 atom stereocenters. The SMILES string of the molecule is CCOc1ccccc1-c1csc(NC(=O)c2cc(C)cc(C)n2)n1. The lowest BCUT2D eigenvalue weighted by molar-refractivity contribution is 0.102. The van der Waals surface area contributed by atoms with Crippen LogP contribution in [0.3, 0.4) is 0 Å². The van der Waals surface area contributed by atoms with Gasteiger partial charge in [-0.25, -0.2) is 9.97 Å². The third-order valence-corrected chi connectivity index (χ3v) is 4.28. The molecular formula is C19H19N3O2S. The number of rotatable bonds is 5. The Balaban J connectivity index is 1.81. The number of pyridine rings is 1. The minimum absolute atomic E-state index is 0.259. The number of hydrogen-bond acceptors (Lipinski definition) is 5. The summed E-state index contributed by atoms with van der Waals surface area (Å²) < 4.78 is 5.64. The van der Waals surface area contributed by atoms with Gasteiger partial charge < -0.3 is 4.74 Å². The van der Waals surface area contributed by atoms with Crippen LogP contribution < -0.4 is 10.1 Å². The van der Waals surface area contributed by atoms with Crippen LogP contribution in [0, 0.1) is 13.8 Å². The summed E-state index contributed by atoms with van der Waals surface area (Å²) in [5.74, 6) is 0.523. The highest BCUT2D eigenvalue weighted by molar-refractivity contribution is 7.14. The van der Waals surface area contributed by atoms with Crippen molar-refractivity contribution in [3.05, 3.63) is 58.7 Å². The van der Waals surface area contributed by atoms with Crippen LogP contribution in [-0.4, -0.2) is 22.5 Å². The molecule has 128 valence electrons.